The summed E-state index contributed by atoms with van der Waals surface area (Å²) in [6, 6.07) is 0. The summed E-state index contributed by atoms with van der Waals surface area (Å²) in [5.74, 6) is 10.5. The molecule has 4 aliphatic carbocycles. The average molecular weight is 370 g/mol. The van der Waals surface area contributed by atoms with E-state index in [1.165, 1.54) is 44.6 Å². The van der Waals surface area contributed by atoms with Crippen molar-refractivity contribution in [1.82, 2.24) is 0 Å². The van der Waals surface area contributed by atoms with E-state index in [2.05, 4.69) is 23.9 Å². The Morgan fingerprint density at radius 3 is 2.89 bits per heavy atom. The van der Waals surface area contributed by atoms with Gasteiger partial charge in [0.25, 0.3) is 0 Å². The van der Waals surface area contributed by atoms with Gasteiger partial charge in [0.2, 0.25) is 0 Å². The normalized spacial score (nSPS) is 41.5. The molecule has 0 amide bonds. The molecule has 1 unspecified atom stereocenters. The van der Waals surface area contributed by atoms with Crippen molar-refractivity contribution in [1.29, 1.82) is 0 Å². The van der Waals surface area contributed by atoms with Crippen LogP contribution in [0.2, 0.25) is 0 Å². The molecule has 3 fully saturated rings. The van der Waals surface area contributed by atoms with Gasteiger partial charge in [-0.05, 0) is 67.8 Å². The van der Waals surface area contributed by atoms with Crippen LogP contribution in [0, 0.1) is 47.3 Å². The molecule has 0 radical (unpaired) electrons. The zero-order valence-corrected chi connectivity index (χ0v) is 16.5. The Balaban J connectivity index is 1.68. The van der Waals surface area contributed by atoms with E-state index >= 15 is 0 Å². The summed E-state index contributed by atoms with van der Waals surface area (Å²) < 4.78 is 5.50. The second-order valence-electron chi connectivity index (χ2n) is 8.84. The lowest BCUT2D eigenvalue weighted by molar-refractivity contribution is -0.144. The van der Waals surface area contributed by atoms with Crippen LogP contribution in [-0.2, 0) is 9.53 Å². The number of carbonyl (C=O) groups excluding carboxylic acids is 1. The zero-order chi connectivity index (χ0) is 19.0. The van der Waals surface area contributed by atoms with Gasteiger partial charge in [0.05, 0.1) is 0 Å². The summed E-state index contributed by atoms with van der Waals surface area (Å²) in [4.78, 5) is 11.5. The van der Waals surface area contributed by atoms with Crippen molar-refractivity contribution >= 4 is 11.7 Å². The third-order valence-electron chi connectivity index (χ3n) is 7.51. The van der Waals surface area contributed by atoms with Crippen molar-refractivity contribution in [3.05, 3.63) is 11.6 Å². The van der Waals surface area contributed by atoms with Gasteiger partial charge < -0.3 is 9.94 Å². The minimum Gasteiger partial charge on any atom is -0.456 e. The van der Waals surface area contributed by atoms with Crippen molar-refractivity contribution < 1.29 is 14.7 Å². The van der Waals surface area contributed by atoms with Gasteiger partial charge in [0, 0.05) is 19.3 Å². The van der Waals surface area contributed by atoms with Gasteiger partial charge in [-0.1, -0.05) is 36.4 Å². The third-order valence-corrected chi connectivity index (χ3v) is 7.51. The lowest BCUT2D eigenvalue weighted by Crippen LogP contribution is -2.47. The van der Waals surface area contributed by atoms with Gasteiger partial charge in [-0.2, -0.15) is 0 Å². The van der Waals surface area contributed by atoms with E-state index in [0.29, 0.717) is 29.4 Å². The molecule has 0 aliphatic heterocycles. The van der Waals surface area contributed by atoms with Crippen LogP contribution in [0.25, 0.3) is 0 Å². The molecule has 1 N–H and O–H groups in total. The van der Waals surface area contributed by atoms with Gasteiger partial charge in [0.15, 0.2) is 0 Å². The van der Waals surface area contributed by atoms with Crippen LogP contribution in [0.5, 0.6) is 0 Å². The Morgan fingerprint density at radius 1 is 1.30 bits per heavy atom. The van der Waals surface area contributed by atoms with Crippen LogP contribution >= 0.6 is 0 Å². The number of nitrogens with zero attached hydrogens (tertiary/aromatic N) is 1. The van der Waals surface area contributed by atoms with Gasteiger partial charge in [-0.3, -0.25) is 4.79 Å². The Hall–Kier alpha value is -1.76. The molecule has 7 atom stereocenters. The standard InChI is InChI=1S/C23H31NO3/c1-3-4-6-16-11-17-12-21(24-26)22(27-14(2)25)13-20(17)19-10-9-15-7-5-8-18(15)23(16)19/h12,15-16,18-20,22-23,26H,3,5,7-11,13H2,1-2H3/t15-,16+,18+,19+,20-,22?,23-/m0/s1. The maximum Gasteiger partial charge on any atom is 0.303 e. The second kappa shape index (κ2) is 7.70. The summed E-state index contributed by atoms with van der Waals surface area (Å²) in [5.41, 5.74) is 1.85. The van der Waals surface area contributed by atoms with E-state index in [1.54, 1.807) is 0 Å². The summed E-state index contributed by atoms with van der Waals surface area (Å²) in [6.45, 7) is 3.55. The minimum atomic E-state index is -0.415. The van der Waals surface area contributed by atoms with Crippen molar-refractivity contribution in [3.63, 3.8) is 0 Å². The fourth-order valence-corrected chi connectivity index (χ4v) is 6.64. The quantitative estimate of drug-likeness (QED) is 0.319. The second-order valence-corrected chi connectivity index (χ2v) is 8.84. The molecule has 0 aromatic rings. The van der Waals surface area contributed by atoms with Crippen molar-refractivity contribution in [2.24, 2.45) is 40.7 Å². The molecule has 0 aromatic heterocycles. The fraction of sp³-hybridized carbons (Fsp3) is 0.739. The number of oxime groups is 1. The smallest absolute Gasteiger partial charge is 0.303 e. The SMILES string of the molecule is CCC#C[C@@H]1CC2=CC(=NO)C(OC(C)=O)C[C@@H]2[C@H]2CC[C@@H]3CCC[C@H]3[C@@H]21. The van der Waals surface area contributed by atoms with Crippen LogP contribution < -0.4 is 0 Å². The first-order valence-electron chi connectivity index (χ1n) is 10.7. The van der Waals surface area contributed by atoms with E-state index in [4.69, 9.17) is 4.74 Å². The lowest BCUT2D eigenvalue weighted by Gasteiger charge is -2.52. The highest BCUT2D eigenvalue weighted by Crippen LogP contribution is 2.58. The molecule has 4 aliphatic rings. The van der Waals surface area contributed by atoms with Crippen LogP contribution in [-0.4, -0.2) is 23.0 Å². The lowest BCUT2D eigenvalue weighted by atomic mass is 9.52. The maximum atomic E-state index is 11.5. The van der Waals surface area contributed by atoms with E-state index in [0.717, 1.165) is 31.1 Å². The van der Waals surface area contributed by atoms with E-state index in [-0.39, 0.29) is 5.97 Å². The molecular formula is C23H31NO3. The summed E-state index contributed by atoms with van der Waals surface area (Å²) in [6.07, 6.45) is 11.0. The van der Waals surface area contributed by atoms with Gasteiger partial charge in [-0.15, -0.1) is 5.92 Å². The van der Waals surface area contributed by atoms with Crippen LogP contribution in [0.4, 0.5) is 0 Å². The zero-order valence-electron chi connectivity index (χ0n) is 16.5. The molecule has 0 spiro atoms. The Kier molecular flexibility index (Phi) is 5.30. The average Bonchev–Trinajstić information content (AvgIpc) is 3.14. The molecule has 4 nitrogen and oxygen atoms in total. The number of fused-ring (bicyclic) bond motifs is 5. The number of esters is 1. The molecule has 4 heteroatoms. The molecule has 0 bridgehead atoms. The number of rotatable bonds is 1. The Labute approximate surface area is 162 Å². The monoisotopic (exact) mass is 369 g/mol. The fourth-order valence-electron chi connectivity index (χ4n) is 6.64. The molecule has 0 heterocycles. The number of hydrogen-bond donors (Lipinski definition) is 1. The van der Waals surface area contributed by atoms with E-state index in [1.807, 2.05) is 6.08 Å². The predicted molar refractivity (Wildman–Crippen MR) is 104 cm³/mol. The summed E-state index contributed by atoms with van der Waals surface area (Å²) >= 11 is 0. The number of ether oxygens (including phenoxy) is 1. The highest BCUT2D eigenvalue weighted by molar-refractivity contribution is 6.00. The van der Waals surface area contributed by atoms with Crippen LogP contribution in [0.1, 0.15) is 65.2 Å². The van der Waals surface area contributed by atoms with E-state index < -0.39 is 6.10 Å². The van der Waals surface area contributed by atoms with E-state index in [9.17, 15) is 10.0 Å². The number of hydrogen-bond acceptors (Lipinski definition) is 4. The van der Waals surface area contributed by atoms with Gasteiger partial charge in [-0.25, -0.2) is 0 Å². The molecule has 0 saturated heterocycles. The first-order valence-corrected chi connectivity index (χ1v) is 10.7. The van der Waals surface area contributed by atoms with Gasteiger partial charge >= 0.3 is 5.97 Å². The van der Waals surface area contributed by atoms with Crippen molar-refractivity contribution in [2.75, 3.05) is 0 Å². The minimum absolute atomic E-state index is 0.309. The summed E-state index contributed by atoms with van der Waals surface area (Å²) in [5, 5.41) is 12.9. The van der Waals surface area contributed by atoms with Crippen molar-refractivity contribution in [2.45, 2.75) is 71.3 Å². The maximum absolute atomic E-state index is 11.5. The number of allylic oxidation sites excluding steroid dienone is 1. The number of carbonyl (C=O) groups is 1. The van der Waals surface area contributed by atoms with Crippen LogP contribution in [0.3, 0.4) is 0 Å². The molecule has 0 aromatic carbocycles. The molecule has 4 rings (SSSR count). The Morgan fingerprint density at radius 2 is 2.15 bits per heavy atom. The largest absolute Gasteiger partial charge is 0.456 e. The first-order chi connectivity index (χ1) is 13.1. The highest BCUT2D eigenvalue weighted by atomic mass is 16.5. The highest BCUT2D eigenvalue weighted by Gasteiger charge is 2.52. The van der Waals surface area contributed by atoms with Crippen LogP contribution in [0.15, 0.2) is 16.8 Å². The third kappa shape index (κ3) is 3.42. The van der Waals surface area contributed by atoms with Crippen molar-refractivity contribution in [3.8, 4) is 11.8 Å². The van der Waals surface area contributed by atoms with Gasteiger partial charge in [0.1, 0.15) is 11.8 Å². The Bertz CT molecular complexity index is 713. The summed E-state index contributed by atoms with van der Waals surface area (Å²) in [7, 11) is 0. The topological polar surface area (TPSA) is 58.9 Å². The molecule has 146 valence electrons. The molecule has 3 saturated carbocycles. The first kappa shape index (κ1) is 18.6. The molecular weight excluding hydrogens is 338 g/mol. The predicted octanol–water partition coefficient (Wildman–Crippen LogP) is 4.57. The molecule has 27 heavy (non-hydrogen) atoms.